The third kappa shape index (κ3) is 4.22. The Morgan fingerprint density at radius 3 is 2.45 bits per heavy atom. The smallest absolute Gasteiger partial charge is 0.276 e. The van der Waals surface area contributed by atoms with Crippen LogP contribution in [0.1, 0.15) is 16.1 Å². The van der Waals surface area contributed by atoms with Gasteiger partial charge in [-0.1, -0.05) is 24.3 Å². The van der Waals surface area contributed by atoms with Crippen molar-refractivity contribution in [1.82, 2.24) is 10.2 Å². The number of nitrogens with zero attached hydrogens (tertiary/aromatic N) is 1. The van der Waals surface area contributed by atoms with Crippen molar-refractivity contribution in [3.05, 3.63) is 78.0 Å². The maximum absolute atomic E-state index is 12.9. The van der Waals surface area contributed by atoms with Gasteiger partial charge in [0, 0.05) is 16.8 Å². The monoisotopic (exact) mass is 436 g/mol. The van der Waals surface area contributed by atoms with Gasteiger partial charge in [0.2, 0.25) is 0 Å². The van der Waals surface area contributed by atoms with Crippen molar-refractivity contribution in [2.45, 2.75) is 11.8 Å². The molecular formula is C22H20N4O4S. The van der Waals surface area contributed by atoms with E-state index in [9.17, 15) is 13.2 Å². The van der Waals surface area contributed by atoms with Gasteiger partial charge in [-0.2, -0.15) is 5.10 Å². The van der Waals surface area contributed by atoms with Crippen molar-refractivity contribution >= 4 is 38.2 Å². The van der Waals surface area contributed by atoms with Crippen LogP contribution in [-0.2, 0) is 10.0 Å². The SMILES string of the molecule is COc1ccc(NS(=O)(=O)c2cc(NC(=O)c3n[nH]c4ccccc34)ccc2C)cc1. The lowest BCUT2D eigenvalue weighted by atomic mass is 10.2. The number of aryl methyl sites for hydroxylation is 1. The van der Waals surface area contributed by atoms with Gasteiger partial charge in [-0.05, 0) is 55.0 Å². The minimum absolute atomic E-state index is 0.0630. The zero-order valence-corrected chi connectivity index (χ0v) is 17.7. The molecule has 0 bridgehead atoms. The summed E-state index contributed by atoms with van der Waals surface area (Å²) in [5, 5.41) is 10.3. The zero-order chi connectivity index (χ0) is 22.0. The molecule has 4 aromatic rings. The van der Waals surface area contributed by atoms with Crippen LogP contribution in [-0.4, -0.2) is 31.6 Å². The van der Waals surface area contributed by atoms with E-state index in [2.05, 4.69) is 20.2 Å². The summed E-state index contributed by atoms with van der Waals surface area (Å²) in [6.07, 6.45) is 0. The Balaban J connectivity index is 1.59. The van der Waals surface area contributed by atoms with Gasteiger partial charge < -0.3 is 10.1 Å². The first-order chi connectivity index (χ1) is 14.9. The van der Waals surface area contributed by atoms with Gasteiger partial charge >= 0.3 is 0 Å². The summed E-state index contributed by atoms with van der Waals surface area (Å²) in [5.41, 5.74) is 2.26. The van der Waals surface area contributed by atoms with E-state index in [1.54, 1.807) is 49.4 Å². The van der Waals surface area contributed by atoms with Gasteiger partial charge in [0.1, 0.15) is 5.75 Å². The van der Waals surface area contributed by atoms with Crippen LogP contribution in [0.15, 0.2) is 71.6 Å². The van der Waals surface area contributed by atoms with E-state index < -0.39 is 15.9 Å². The molecule has 1 amide bonds. The largest absolute Gasteiger partial charge is 0.497 e. The topological polar surface area (TPSA) is 113 Å². The molecule has 0 unspecified atom stereocenters. The van der Waals surface area contributed by atoms with E-state index >= 15 is 0 Å². The molecule has 0 radical (unpaired) electrons. The predicted octanol–water partition coefficient (Wildman–Crippen LogP) is 3.93. The van der Waals surface area contributed by atoms with E-state index in [0.29, 0.717) is 28.1 Å². The first kappa shape index (κ1) is 20.4. The van der Waals surface area contributed by atoms with Gasteiger partial charge in [-0.25, -0.2) is 8.42 Å². The van der Waals surface area contributed by atoms with Crippen LogP contribution in [0.25, 0.3) is 10.9 Å². The highest BCUT2D eigenvalue weighted by atomic mass is 32.2. The molecule has 0 atom stereocenters. The van der Waals surface area contributed by atoms with Gasteiger partial charge in [0.05, 0.1) is 17.5 Å². The molecule has 3 aromatic carbocycles. The van der Waals surface area contributed by atoms with Crippen molar-refractivity contribution in [2.24, 2.45) is 0 Å². The second-order valence-electron chi connectivity index (χ2n) is 6.89. The molecule has 0 aliphatic carbocycles. The molecule has 8 nitrogen and oxygen atoms in total. The van der Waals surface area contributed by atoms with Gasteiger partial charge in [0.15, 0.2) is 5.69 Å². The third-order valence-corrected chi connectivity index (χ3v) is 6.29. The molecule has 0 fully saturated rings. The molecule has 0 aliphatic rings. The number of hydrogen-bond acceptors (Lipinski definition) is 5. The highest BCUT2D eigenvalue weighted by molar-refractivity contribution is 7.92. The molecule has 9 heteroatoms. The van der Waals surface area contributed by atoms with Crippen LogP contribution in [0.2, 0.25) is 0 Å². The number of aromatic amines is 1. The number of carbonyl (C=O) groups excluding carboxylic acids is 1. The number of amides is 1. The summed E-state index contributed by atoms with van der Waals surface area (Å²) in [6.45, 7) is 1.69. The number of ether oxygens (including phenoxy) is 1. The number of para-hydroxylation sites is 1. The second kappa shape index (κ2) is 8.11. The Labute approximate surface area is 179 Å². The summed E-state index contributed by atoms with van der Waals surface area (Å²) in [5.74, 6) is 0.183. The number of rotatable bonds is 6. The molecule has 0 saturated heterocycles. The summed E-state index contributed by atoms with van der Waals surface area (Å²) in [6, 6.07) is 18.5. The molecule has 3 N–H and O–H groups in total. The maximum Gasteiger partial charge on any atom is 0.276 e. The Hall–Kier alpha value is -3.85. The standard InChI is InChI=1S/C22H20N4O4S/c1-14-7-8-16(23-22(27)21-18-5-3-4-6-19(18)24-25-21)13-20(14)31(28,29)26-15-9-11-17(30-2)12-10-15/h3-13,26H,1-2H3,(H,23,27)(H,24,25). The van der Waals surface area contributed by atoms with Crippen molar-refractivity contribution in [1.29, 1.82) is 0 Å². The highest BCUT2D eigenvalue weighted by Gasteiger charge is 2.20. The Kier molecular flexibility index (Phi) is 5.35. The van der Waals surface area contributed by atoms with E-state index in [0.717, 1.165) is 5.52 Å². The van der Waals surface area contributed by atoms with Crippen LogP contribution in [0.3, 0.4) is 0 Å². The number of hydrogen-bond donors (Lipinski definition) is 3. The average Bonchev–Trinajstić information content (AvgIpc) is 3.19. The number of methoxy groups -OCH3 is 1. The lowest BCUT2D eigenvalue weighted by Gasteiger charge is -2.13. The molecule has 0 spiro atoms. The molecule has 158 valence electrons. The van der Waals surface area contributed by atoms with Crippen molar-refractivity contribution < 1.29 is 17.9 Å². The van der Waals surface area contributed by atoms with Crippen LogP contribution < -0.4 is 14.8 Å². The Morgan fingerprint density at radius 2 is 1.71 bits per heavy atom. The Bertz CT molecular complexity index is 1360. The molecule has 1 heterocycles. The summed E-state index contributed by atoms with van der Waals surface area (Å²) >= 11 is 0. The lowest BCUT2D eigenvalue weighted by Crippen LogP contribution is -2.16. The molecule has 1 aromatic heterocycles. The third-order valence-electron chi connectivity index (χ3n) is 4.76. The average molecular weight is 436 g/mol. The van der Waals surface area contributed by atoms with Crippen LogP contribution in [0, 0.1) is 6.92 Å². The van der Waals surface area contributed by atoms with E-state index in [1.807, 2.05) is 18.2 Å². The van der Waals surface area contributed by atoms with Crippen molar-refractivity contribution in [3.63, 3.8) is 0 Å². The summed E-state index contributed by atoms with van der Waals surface area (Å²) in [4.78, 5) is 12.8. The number of fused-ring (bicyclic) bond motifs is 1. The summed E-state index contributed by atoms with van der Waals surface area (Å²) < 4.78 is 33.5. The molecule has 31 heavy (non-hydrogen) atoms. The van der Waals surface area contributed by atoms with E-state index in [4.69, 9.17) is 4.74 Å². The highest BCUT2D eigenvalue weighted by Crippen LogP contribution is 2.25. The van der Waals surface area contributed by atoms with E-state index in [-0.39, 0.29) is 10.6 Å². The van der Waals surface area contributed by atoms with Crippen molar-refractivity contribution in [3.8, 4) is 5.75 Å². The fraction of sp³-hybridized carbons (Fsp3) is 0.0909. The van der Waals surface area contributed by atoms with Crippen LogP contribution in [0.4, 0.5) is 11.4 Å². The fourth-order valence-electron chi connectivity index (χ4n) is 3.16. The molecule has 0 aliphatic heterocycles. The van der Waals surface area contributed by atoms with Crippen LogP contribution >= 0.6 is 0 Å². The predicted molar refractivity (Wildman–Crippen MR) is 119 cm³/mol. The number of benzene rings is 3. The molecule has 4 rings (SSSR count). The van der Waals surface area contributed by atoms with Gasteiger partial charge in [-0.15, -0.1) is 0 Å². The lowest BCUT2D eigenvalue weighted by molar-refractivity contribution is 0.102. The number of sulfonamides is 1. The first-order valence-electron chi connectivity index (χ1n) is 9.39. The number of nitrogens with one attached hydrogen (secondary N) is 3. The van der Waals surface area contributed by atoms with Crippen molar-refractivity contribution in [2.75, 3.05) is 17.1 Å². The number of aromatic nitrogens is 2. The molecule has 0 saturated carbocycles. The summed E-state index contributed by atoms with van der Waals surface area (Å²) in [7, 11) is -2.34. The normalized spacial score (nSPS) is 11.3. The minimum atomic E-state index is -3.87. The fourth-order valence-corrected chi connectivity index (χ4v) is 4.49. The zero-order valence-electron chi connectivity index (χ0n) is 16.8. The van der Waals surface area contributed by atoms with Crippen LogP contribution in [0.5, 0.6) is 5.75 Å². The maximum atomic E-state index is 12.9. The minimum Gasteiger partial charge on any atom is -0.497 e. The number of H-pyrrole nitrogens is 1. The van der Waals surface area contributed by atoms with E-state index in [1.165, 1.54) is 13.2 Å². The quantitative estimate of drug-likeness (QED) is 0.424. The van der Waals surface area contributed by atoms with Gasteiger partial charge in [-0.3, -0.25) is 14.6 Å². The first-order valence-corrected chi connectivity index (χ1v) is 10.9. The number of anilines is 2. The Morgan fingerprint density at radius 1 is 1.00 bits per heavy atom. The number of carbonyl (C=O) groups is 1. The molecular weight excluding hydrogens is 416 g/mol. The second-order valence-corrected chi connectivity index (χ2v) is 8.54. The van der Waals surface area contributed by atoms with Gasteiger partial charge in [0.25, 0.3) is 15.9 Å².